The topological polar surface area (TPSA) is 200 Å². The molecule has 0 bridgehead atoms. The van der Waals surface area contributed by atoms with Gasteiger partial charge in [0.25, 0.3) is 31.7 Å². The summed E-state index contributed by atoms with van der Waals surface area (Å²) in [7, 11) is -8.89. The van der Waals surface area contributed by atoms with E-state index in [2.05, 4.69) is 20.6 Å². The van der Waals surface area contributed by atoms with Crippen LogP contribution in [0.4, 0.5) is 17.1 Å². The molecule has 40 heavy (non-hydrogen) atoms. The normalized spacial score (nSPS) is 11.8. The first-order valence-electron chi connectivity index (χ1n) is 10.7. The van der Waals surface area contributed by atoms with Crippen molar-refractivity contribution in [2.45, 2.75) is 16.7 Å². The minimum atomic E-state index is -4.54. The number of benzene rings is 3. The quantitative estimate of drug-likeness (QED) is 0.135. The Morgan fingerprint density at radius 2 is 1.48 bits per heavy atom. The molecule has 1 aromatic heterocycles. The molecule has 0 aliphatic heterocycles. The largest absolute Gasteiger partial charge is 1.00 e. The van der Waals surface area contributed by atoms with Crippen LogP contribution in [0, 0.1) is 6.92 Å². The third kappa shape index (κ3) is 7.13. The summed E-state index contributed by atoms with van der Waals surface area (Å²) in [5.41, 5.74) is 0.374. The second kappa shape index (κ2) is 12.2. The first kappa shape index (κ1) is 31.4. The van der Waals surface area contributed by atoms with Crippen molar-refractivity contribution in [2.75, 3.05) is 5.32 Å². The standard InChI is InChI=1S/C23H18ClN5O8S2.Na/c1-13-21(23(31)29(28-13)20-12-18(39(35,36)37)10-11-19(20)24)27-26-16-4-2-14(3-5-16)22(30)25-15-6-8-17(9-7-15)38(32,33)34;/h2-12,28H,1H3,(H,25,30)(H,32,33,34)(H,35,36,37);/q;+1. The molecule has 0 spiro atoms. The maximum atomic E-state index is 12.9. The number of H-pyrrole nitrogens is 1. The van der Waals surface area contributed by atoms with E-state index in [1.165, 1.54) is 42.5 Å². The number of carbonyl (C=O) groups is 1. The Balaban J connectivity index is 0.00000441. The third-order valence-corrected chi connectivity index (χ3v) is 7.34. The first-order chi connectivity index (χ1) is 18.2. The van der Waals surface area contributed by atoms with Gasteiger partial charge in [-0.05, 0) is 73.7 Å². The van der Waals surface area contributed by atoms with E-state index >= 15 is 0 Å². The van der Waals surface area contributed by atoms with Gasteiger partial charge in [-0.25, -0.2) is 4.68 Å². The van der Waals surface area contributed by atoms with E-state index in [4.69, 9.17) is 16.2 Å². The van der Waals surface area contributed by atoms with Crippen molar-refractivity contribution >= 4 is 54.8 Å². The summed E-state index contributed by atoms with van der Waals surface area (Å²) in [5.74, 6) is -0.494. The number of rotatable bonds is 7. The van der Waals surface area contributed by atoms with Gasteiger partial charge in [0.2, 0.25) is 0 Å². The maximum absolute atomic E-state index is 12.9. The number of aromatic nitrogens is 2. The minimum absolute atomic E-state index is 0. The van der Waals surface area contributed by atoms with Gasteiger partial charge in [-0.2, -0.15) is 21.9 Å². The Labute approximate surface area is 254 Å². The number of nitrogens with one attached hydrogen (secondary N) is 2. The average molecular weight is 615 g/mol. The Bertz CT molecular complexity index is 1890. The van der Waals surface area contributed by atoms with Crippen molar-refractivity contribution in [1.82, 2.24) is 9.78 Å². The molecule has 0 aliphatic carbocycles. The van der Waals surface area contributed by atoms with E-state index in [0.717, 1.165) is 28.9 Å². The van der Waals surface area contributed by atoms with Crippen molar-refractivity contribution in [3.05, 3.63) is 93.4 Å². The predicted octanol–water partition coefficient (Wildman–Crippen LogP) is 1.29. The molecule has 4 rings (SSSR count). The molecule has 202 valence electrons. The van der Waals surface area contributed by atoms with Gasteiger partial charge in [-0.1, -0.05) is 11.6 Å². The van der Waals surface area contributed by atoms with Crippen molar-refractivity contribution in [3.63, 3.8) is 0 Å². The van der Waals surface area contributed by atoms with Gasteiger partial charge in [0.05, 0.1) is 31.9 Å². The number of aromatic amines is 1. The zero-order valence-corrected chi connectivity index (χ0v) is 25.1. The molecule has 13 nitrogen and oxygen atoms in total. The van der Waals surface area contributed by atoms with Gasteiger partial charge in [-0.15, -0.1) is 5.11 Å². The molecule has 0 atom stereocenters. The Kier molecular flexibility index (Phi) is 9.54. The number of aryl methyl sites for hydroxylation is 1. The summed E-state index contributed by atoms with van der Waals surface area (Å²) < 4.78 is 64.5. The fourth-order valence-electron chi connectivity index (χ4n) is 3.35. The molecule has 3 aromatic carbocycles. The maximum Gasteiger partial charge on any atom is 1.00 e. The van der Waals surface area contributed by atoms with Crippen molar-refractivity contribution in [3.8, 4) is 5.69 Å². The SMILES string of the molecule is Cc1[nH]n(-c2cc(S(=O)(=O)O)ccc2Cl)c(=O)c1N=Nc1ccc(C(=O)Nc2ccc(S(=O)(=O)O)cc2)cc1.[Na+]. The van der Waals surface area contributed by atoms with Crippen LogP contribution < -0.4 is 40.4 Å². The molecule has 17 heteroatoms. The average Bonchev–Trinajstić information content (AvgIpc) is 3.15. The molecule has 0 fully saturated rings. The van der Waals surface area contributed by atoms with Crippen LogP contribution in [-0.2, 0) is 20.2 Å². The van der Waals surface area contributed by atoms with Crippen molar-refractivity contribution < 1.29 is 60.3 Å². The molecule has 0 radical (unpaired) electrons. The van der Waals surface area contributed by atoms with Gasteiger partial charge in [0, 0.05) is 11.3 Å². The second-order valence-corrected chi connectivity index (χ2v) is 11.3. The summed E-state index contributed by atoms with van der Waals surface area (Å²) in [5, 5.41) is 13.3. The van der Waals surface area contributed by atoms with E-state index < -0.39 is 36.6 Å². The molecule has 0 saturated heterocycles. The predicted molar refractivity (Wildman–Crippen MR) is 141 cm³/mol. The van der Waals surface area contributed by atoms with Crippen LogP contribution in [0.25, 0.3) is 5.69 Å². The number of hydrogen-bond acceptors (Lipinski definition) is 8. The summed E-state index contributed by atoms with van der Waals surface area (Å²) >= 11 is 6.13. The van der Waals surface area contributed by atoms with Crippen LogP contribution in [0.5, 0.6) is 0 Å². The zero-order chi connectivity index (χ0) is 28.5. The Morgan fingerprint density at radius 3 is 2.05 bits per heavy atom. The van der Waals surface area contributed by atoms with Crippen LogP contribution in [0.2, 0.25) is 5.02 Å². The van der Waals surface area contributed by atoms with E-state index in [0.29, 0.717) is 17.1 Å². The van der Waals surface area contributed by atoms with Gasteiger partial charge in [0.1, 0.15) is 0 Å². The first-order valence-corrected chi connectivity index (χ1v) is 14.0. The number of amides is 1. The van der Waals surface area contributed by atoms with Gasteiger partial charge in [-0.3, -0.25) is 23.8 Å². The number of hydrogen-bond donors (Lipinski definition) is 4. The molecular weight excluding hydrogens is 597 g/mol. The van der Waals surface area contributed by atoms with Crippen LogP contribution in [0.3, 0.4) is 0 Å². The molecular formula is C23H18ClN5NaO8S2+. The van der Waals surface area contributed by atoms with Crippen molar-refractivity contribution in [2.24, 2.45) is 10.2 Å². The fraction of sp³-hybridized carbons (Fsp3) is 0.0435. The monoisotopic (exact) mass is 614 g/mol. The number of anilines is 1. The van der Waals surface area contributed by atoms with Crippen LogP contribution in [0.15, 0.2) is 91.5 Å². The van der Waals surface area contributed by atoms with E-state index in [1.54, 1.807) is 6.92 Å². The van der Waals surface area contributed by atoms with Crippen LogP contribution >= 0.6 is 11.6 Å². The van der Waals surface area contributed by atoms with Crippen LogP contribution in [-0.4, -0.2) is 41.6 Å². The van der Waals surface area contributed by atoms with E-state index in [1.807, 2.05) is 0 Å². The van der Waals surface area contributed by atoms with E-state index in [9.17, 15) is 31.0 Å². The number of halogens is 1. The summed E-state index contributed by atoms with van der Waals surface area (Å²) in [6.07, 6.45) is 0. The summed E-state index contributed by atoms with van der Waals surface area (Å²) in [6, 6.07) is 14.1. The van der Waals surface area contributed by atoms with Crippen LogP contribution in [0.1, 0.15) is 16.1 Å². The Morgan fingerprint density at radius 1 is 0.900 bits per heavy atom. The summed E-state index contributed by atoms with van der Waals surface area (Å²) in [4.78, 5) is 24.6. The number of carbonyl (C=O) groups excluding carboxylic acids is 1. The van der Waals surface area contributed by atoms with Gasteiger partial charge >= 0.3 is 29.6 Å². The zero-order valence-electron chi connectivity index (χ0n) is 20.7. The number of azo groups is 1. The molecule has 1 amide bonds. The molecule has 4 aromatic rings. The molecule has 0 saturated carbocycles. The number of nitrogens with zero attached hydrogens (tertiary/aromatic N) is 3. The van der Waals surface area contributed by atoms with Gasteiger partial charge < -0.3 is 5.32 Å². The molecule has 0 unspecified atom stereocenters. The fourth-order valence-corrected chi connectivity index (χ4v) is 4.53. The van der Waals surface area contributed by atoms with Crippen molar-refractivity contribution in [1.29, 1.82) is 0 Å². The van der Waals surface area contributed by atoms with Gasteiger partial charge in [0.15, 0.2) is 5.69 Å². The molecule has 4 N–H and O–H groups in total. The second-order valence-electron chi connectivity index (χ2n) is 8.01. The molecule has 0 aliphatic rings. The minimum Gasteiger partial charge on any atom is -0.322 e. The van der Waals surface area contributed by atoms with E-state index in [-0.39, 0.29) is 56.4 Å². The summed E-state index contributed by atoms with van der Waals surface area (Å²) in [6.45, 7) is 1.54. The smallest absolute Gasteiger partial charge is 0.322 e. The Hall–Kier alpha value is -3.15. The third-order valence-electron chi connectivity index (χ3n) is 5.30. The molecule has 1 heterocycles.